The van der Waals surface area contributed by atoms with Crippen LogP contribution in [0.25, 0.3) is 16.6 Å². The molecule has 0 fully saturated rings. The van der Waals surface area contributed by atoms with Crippen LogP contribution in [0.3, 0.4) is 0 Å². The second-order valence-corrected chi connectivity index (χ2v) is 5.30. The van der Waals surface area contributed by atoms with Crippen LogP contribution in [0.5, 0.6) is 0 Å². The Bertz CT molecular complexity index is 872. The van der Waals surface area contributed by atoms with E-state index in [1.165, 1.54) is 4.40 Å². The number of aldehydes is 1. The number of nitrogens with two attached hydrogens (primary N) is 1. The molecule has 0 atom stereocenters. The number of rotatable bonds is 3. The van der Waals surface area contributed by atoms with Crippen molar-refractivity contribution in [1.29, 1.82) is 0 Å². The Morgan fingerprint density at radius 2 is 1.84 bits per heavy atom. The topological polar surface area (TPSA) is 80.7 Å². The van der Waals surface area contributed by atoms with Crippen LogP contribution >= 0.6 is 0 Å². The van der Waals surface area contributed by atoms with Gasteiger partial charge in [0.25, 0.3) is 5.56 Å². The molecule has 3 rings (SSSR count). The third-order valence-corrected chi connectivity index (χ3v) is 3.28. The second kappa shape index (κ2) is 10.3. The number of fused-ring (bicyclic) bond motifs is 2. The van der Waals surface area contributed by atoms with Crippen molar-refractivity contribution in [3.05, 3.63) is 58.5 Å². The largest absolute Gasteiger partial charge is 0.329 e. The van der Waals surface area contributed by atoms with E-state index < -0.39 is 0 Å². The number of nitrogens with zero attached hydrogens (tertiary/aromatic N) is 3. The van der Waals surface area contributed by atoms with Gasteiger partial charge in [-0.15, -0.1) is 0 Å². The van der Waals surface area contributed by atoms with E-state index in [1.807, 2.05) is 34.0 Å². The first-order valence-electron chi connectivity index (χ1n) is 8.28. The number of carbonyl (C=O) groups is 1. The van der Waals surface area contributed by atoms with E-state index in [4.69, 9.17) is 5.73 Å². The van der Waals surface area contributed by atoms with Gasteiger partial charge in [-0.1, -0.05) is 26.0 Å². The number of para-hydroxylation sites is 1. The van der Waals surface area contributed by atoms with Crippen LogP contribution in [0.1, 0.15) is 24.2 Å². The van der Waals surface area contributed by atoms with Gasteiger partial charge in [0.15, 0.2) is 11.9 Å². The summed E-state index contributed by atoms with van der Waals surface area (Å²) in [6, 6.07) is 10.4. The quantitative estimate of drug-likeness (QED) is 0.583. The van der Waals surface area contributed by atoms with E-state index in [1.54, 1.807) is 36.5 Å². The minimum atomic E-state index is -0.158. The fraction of sp³-hybridized carbons (Fsp3) is 0.316. The lowest BCUT2D eigenvalue weighted by Gasteiger charge is -2.04. The summed E-state index contributed by atoms with van der Waals surface area (Å²) in [5, 5.41) is 0.549. The Morgan fingerprint density at radius 1 is 1.16 bits per heavy atom. The number of hydrogen-bond acceptors (Lipinski definition) is 5. The highest BCUT2D eigenvalue weighted by molar-refractivity contribution is 5.87. The molecule has 2 heterocycles. The van der Waals surface area contributed by atoms with Crippen LogP contribution in [0.4, 0.5) is 0 Å². The molecule has 0 aliphatic heterocycles. The van der Waals surface area contributed by atoms with Gasteiger partial charge in [0.1, 0.15) is 0 Å². The molecule has 6 heteroatoms. The SMILES string of the molecule is CC.CN(C)CCN.O=Cc1cccn2c(=O)c3ccccc3nc12. The number of carbonyl (C=O) groups excluding carboxylic acids is 1. The van der Waals surface area contributed by atoms with Gasteiger partial charge in [0.05, 0.1) is 16.5 Å². The number of hydrogen-bond donors (Lipinski definition) is 1. The molecule has 0 spiro atoms. The van der Waals surface area contributed by atoms with Crippen molar-refractivity contribution >= 4 is 22.8 Å². The highest BCUT2D eigenvalue weighted by Gasteiger charge is 2.07. The van der Waals surface area contributed by atoms with Crippen molar-refractivity contribution in [1.82, 2.24) is 14.3 Å². The Morgan fingerprint density at radius 3 is 2.40 bits per heavy atom. The summed E-state index contributed by atoms with van der Waals surface area (Å²) < 4.78 is 1.39. The standard InChI is InChI=1S/C13H8N2O2.C4H12N2.C2H6/c16-8-9-4-3-7-15-12(9)14-11-6-2-1-5-10(11)13(15)17;1-6(2)4-3-5;1-2/h1-8H;3-5H2,1-2H3;1-2H3. The highest BCUT2D eigenvalue weighted by Crippen LogP contribution is 2.10. The van der Waals surface area contributed by atoms with Crippen LogP contribution in [0.15, 0.2) is 47.4 Å². The molecule has 0 aliphatic rings. The summed E-state index contributed by atoms with van der Waals surface area (Å²) >= 11 is 0. The van der Waals surface area contributed by atoms with Gasteiger partial charge in [-0.3, -0.25) is 14.0 Å². The fourth-order valence-electron chi connectivity index (χ4n) is 2.15. The Labute approximate surface area is 147 Å². The predicted molar refractivity (Wildman–Crippen MR) is 103 cm³/mol. The van der Waals surface area contributed by atoms with E-state index in [0.29, 0.717) is 28.4 Å². The summed E-state index contributed by atoms with van der Waals surface area (Å²) in [5.41, 5.74) is 6.44. The zero-order valence-electron chi connectivity index (χ0n) is 15.3. The molecule has 3 aromatic rings. The molecule has 2 N–H and O–H groups in total. The molecular weight excluding hydrogens is 316 g/mol. The molecule has 1 aromatic carbocycles. The molecule has 0 aliphatic carbocycles. The summed E-state index contributed by atoms with van der Waals surface area (Å²) in [7, 11) is 4.01. The van der Waals surface area contributed by atoms with Crippen LogP contribution in [0.2, 0.25) is 0 Å². The second-order valence-electron chi connectivity index (χ2n) is 5.30. The number of aromatic nitrogens is 2. The van der Waals surface area contributed by atoms with Crippen LogP contribution in [-0.2, 0) is 0 Å². The van der Waals surface area contributed by atoms with Gasteiger partial charge in [-0.25, -0.2) is 4.98 Å². The predicted octanol–water partition coefficient (Wildman–Crippen LogP) is 2.19. The molecule has 134 valence electrons. The lowest BCUT2D eigenvalue weighted by molar-refractivity contribution is 0.112. The maximum absolute atomic E-state index is 12.2. The van der Waals surface area contributed by atoms with E-state index in [9.17, 15) is 9.59 Å². The maximum atomic E-state index is 12.2. The molecule has 0 unspecified atom stereocenters. The molecule has 6 nitrogen and oxygen atoms in total. The molecular formula is C19H26N4O2. The monoisotopic (exact) mass is 342 g/mol. The highest BCUT2D eigenvalue weighted by atomic mass is 16.1. The van der Waals surface area contributed by atoms with Crippen molar-refractivity contribution in [2.75, 3.05) is 27.2 Å². The van der Waals surface area contributed by atoms with E-state index >= 15 is 0 Å². The van der Waals surface area contributed by atoms with Crippen molar-refractivity contribution in [3.63, 3.8) is 0 Å². The van der Waals surface area contributed by atoms with Crippen molar-refractivity contribution < 1.29 is 4.79 Å². The Balaban J connectivity index is 0.000000335. The third kappa shape index (κ3) is 5.20. The van der Waals surface area contributed by atoms with Crippen LogP contribution < -0.4 is 11.3 Å². The smallest absolute Gasteiger partial charge is 0.265 e. The molecule has 25 heavy (non-hydrogen) atoms. The average molecular weight is 342 g/mol. The lowest BCUT2D eigenvalue weighted by Crippen LogP contribution is -2.20. The van der Waals surface area contributed by atoms with Crippen LogP contribution in [0, 0.1) is 0 Å². The molecule has 2 aromatic heterocycles. The summed E-state index contributed by atoms with van der Waals surface area (Å²) in [4.78, 5) is 29.5. The number of benzene rings is 1. The van der Waals surface area contributed by atoms with Crippen molar-refractivity contribution in [2.24, 2.45) is 5.73 Å². The minimum absolute atomic E-state index is 0.158. The van der Waals surface area contributed by atoms with E-state index in [0.717, 1.165) is 13.1 Å². The Kier molecular flexibility index (Phi) is 8.46. The average Bonchev–Trinajstić information content (AvgIpc) is 2.64. The molecule has 0 saturated carbocycles. The zero-order valence-corrected chi connectivity index (χ0v) is 15.3. The number of likely N-dealkylation sites (N-methyl/N-ethyl adjacent to an activating group) is 1. The molecule has 0 amide bonds. The van der Waals surface area contributed by atoms with E-state index in [2.05, 4.69) is 9.88 Å². The zero-order chi connectivity index (χ0) is 18.8. The molecule has 0 bridgehead atoms. The van der Waals surface area contributed by atoms with Gasteiger partial charge in [0.2, 0.25) is 0 Å². The van der Waals surface area contributed by atoms with Gasteiger partial charge in [0, 0.05) is 19.3 Å². The summed E-state index contributed by atoms with van der Waals surface area (Å²) in [6.07, 6.45) is 2.32. The first-order chi connectivity index (χ1) is 12.1. The van der Waals surface area contributed by atoms with Gasteiger partial charge < -0.3 is 10.6 Å². The van der Waals surface area contributed by atoms with Crippen molar-refractivity contribution in [3.8, 4) is 0 Å². The summed E-state index contributed by atoms with van der Waals surface area (Å²) in [5.74, 6) is 0. The molecule has 0 saturated heterocycles. The van der Waals surface area contributed by atoms with Crippen molar-refractivity contribution in [2.45, 2.75) is 13.8 Å². The lowest BCUT2D eigenvalue weighted by atomic mass is 10.2. The number of pyridine rings is 1. The third-order valence-electron chi connectivity index (χ3n) is 3.28. The van der Waals surface area contributed by atoms with E-state index in [-0.39, 0.29) is 5.56 Å². The molecule has 0 radical (unpaired) electrons. The summed E-state index contributed by atoms with van der Waals surface area (Å²) in [6.45, 7) is 5.74. The van der Waals surface area contributed by atoms with Gasteiger partial charge >= 0.3 is 0 Å². The first-order valence-corrected chi connectivity index (χ1v) is 8.28. The normalized spacial score (nSPS) is 10.0. The first kappa shape index (κ1) is 20.5. The minimum Gasteiger partial charge on any atom is -0.329 e. The van der Waals surface area contributed by atoms with Crippen LogP contribution in [-0.4, -0.2) is 47.8 Å². The maximum Gasteiger partial charge on any atom is 0.265 e. The Hall–Kier alpha value is -2.57. The fourth-order valence-corrected chi connectivity index (χ4v) is 2.15. The van der Waals surface area contributed by atoms with Gasteiger partial charge in [-0.2, -0.15) is 0 Å². The van der Waals surface area contributed by atoms with Gasteiger partial charge in [-0.05, 0) is 38.4 Å².